The molecular formula is C24H25Cl2N3O5S. The van der Waals surface area contributed by atoms with Crippen molar-refractivity contribution in [3.63, 3.8) is 0 Å². The number of carbonyl (C=O) groups excluding carboxylic acids is 1. The van der Waals surface area contributed by atoms with Crippen molar-refractivity contribution in [2.24, 2.45) is 0 Å². The van der Waals surface area contributed by atoms with Gasteiger partial charge in [-0.3, -0.25) is 9.59 Å². The molecule has 0 spiro atoms. The number of carbonyl (C=O) groups is 1. The molecule has 1 unspecified atom stereocenters. The molecule has 1 aliphatic heterocycles. The minimum Gasteiger partial charge on any atom is -0.490 e. The molecule has 2 aromatic carbocycles. The average Bonchev–Trinajstić information content (AvgIpc) is 2.85. The highest BCUT2D eigenvalue weighted by molar-refractivity contribution is 7.79. The lowest BCUT2D eigenvalue weighted by molar-refractivity contribution is 0.0936. The number of nitrogens with zero attached hydrogens (tertiary/aromatic N) is 1. The summed E-state index contributed by atoms with van der Waals surface area (Å²) in [5, 5.41) is 4.51. The third kappa shape index (κ3) is 6.42. The number of pyridine rings is 1. The van der Waals surface area contributed by atoms with Crippen molar-refractivity contribution >= 4 is 51.0 Å². The Bertz CT molecular complexity index is 1310. The van der Waals surface area contributed by atoms with Gasteiger partial charge in [0, 0.05) is 42.7 Å². The van der Waals surface area contributed by atoms with Crippen LogP contribution in [-0.2, 0) is 11.1 Å². The zero-order valence-corrected chi connectivity index (χ0v) is 21.1. The first-order valence-electron chi connectivity index (χ1n) is 11.2. The number of hydrogen-bond acceptors (Lipinski definition) is 5. The minimum atomic E-state index is -2.21. The minimum absolute atomic E-state index is 0.103. The number of H-pyrrole nitrogens is 1. The Hall–Kier alpha value is -2.43. The quantitative estimate of drug-likeness (QED) is 0.295. The van der Waals surface area contributed by atoms with Gasteiger partial charge in [0.05, 0.1) is 20.5 Å². The van der Waals surface area contributed by atoms with Gasteiger partial charge in [-0.05, 0) is 50.1 Å². The SMILES string of the molecule is O=C(NCCCN1CCC(Oc2ccc(Cl)c(Cl)c2)CC1)c1c[nH]c(=O)c2cc(S(=O)O)ccc12. The van der Waals surface area contributed by atoms with E-state index in [2.05, 4.69) is 15.2 Å². The van der Waals surface area contributed by atoms with E-state index in [4.69, 9.17) is 27.9 Å². The van der Waals surface area contributed by atoms with Gasteiger partial charge in [0.25, 0.3) is 11.5 Å². The van der Waals surface area contributed by atoms with Crippen molar-refractivity contribution in [1.82, 2.24) is 15.2 Å². The molecule has 11 heteroatoms. The maximum Gasteiger partial charge on any atom is 0.255 e. The number of fused-ring (bicyclic) bond motifs is 1. The Morgan fingerprint density at radius 1 is 1.14 bits per heavy atom. The molecule has 0 radical (unpaired) electrons. The normalized spacial score (nSPS) is 15.7. The van der Waals surface area contributed by atoms with Gasteiger partial charge in [-0.1, -0.05) is 29.3 Å². The Labute approximate surface area is 214 Å². The Balaban J connectivity index is 1.24. The van der Waals surface area contributed by atoms with Gasteiger partial charge in [0.15, 0.2) is 11.1 Å². The van der Waals surface area contributed by atoms with Crippen LogP contribution in [-0.4, -0.2) is 56.8 Å². The monoisotopic (exact) mass is 537 g/mol. The van der Waals surface area contributed by atoms with Gasteiger partial charge in [0.2, 0.25) is 0 Å². The van der Waals surface area contributed by atoms with E-state index in [-0.39, 0.29) is 22.3 Å². The number of ether oxygens (including phenoxy) is 1. The van der Waals surface area contributed by atoms with E-state index in [1.807, 2.05) is 6.07 Å². The highest BCUT2D eigenvalue weighted by atomic mass is 35.5. The van der Waals surface area contributed by atoms with Crippen molar-refractivity contribution in [2.45, 2.75) is 30.3 Å². The van der Waals surface area contributed by atoms with E-state index < -0.39 is 16.6 Å². The molecule has 8 nitrogen and oxygen atoms in total. The molecule has 1 atom stereocenters. The summed E-state index contributed by atoms with van der Waals surface area (Å²) in [7, 11) is 0. The summed E-state index contributed by atoms with van der Waals surface area (Å²) in [4.78, 5) is 29.8. The first kappa shape index (κ1) is 25.7. The van der Waals surface area contributed by atoms with E-state index in [9.17, 15) is 18.4 Å². The molecule has 1 amide bonds. The molecule has 186 valence electrons. The summed E-state index contributed by atoms with van der Waals surface area (Å²) in [6, 6.07) is 9.57. The molecule has 0 saturated carbocycles. The van der Waals surface area contributed by atoms with Crippen LogP contribution in [0.3, 0.4) is 0 Å². The zero-order valence-electron chi connectivity index (χ0n) is 18.8. The maximum absolute atomic E-state index is 12.7. The predicted octanol–water partition coefficient (Wildman–Crippen LogP) is 4.08. The standard InChI is InChI=1S/C24H25Cl2N3O5S/c25-21-5-2-16(12-22(21)26)34-15-6-10-29(11-7-15)9-1-8-27-24(31)20-14-28-23(30)19-13-17(35(32)33)3-4-18(19)20/h2-5,12-15H,1,6-11H2,(H,27,31)(H,28,30)(H,32,33). The molecule has 35 heavy (non-hydrogen) atoms. The van der Waals surface area contributed by atoms with E-state index in [0.717, 1.165) is 44.6 Å². The van der Waals surface area contributed by atoms with Crippen LogP contribution >= 0.6 is 23.2 Å². The van der Waals surface area contributed by atoms with Crippen molar-refractivity contribution in [1.29, 1.82) is 0 Å². The number of nitrogens with one attached hydrogen (secondary N) is 2. The van der Waals surface area contributed by atoms with Crippen LogP contribution in [0, 0.1) is 0 Å². The summed E-state index contributed by atoms with van der Waals surface area (Å²) in [5.41, 5.74) is -0.106. The van der Waals surface area contributed by atoms with E-state index in [1.54, 1.807) is 12.1 Å². The molecule has 4 rings (SSSR count). The number of halogens is 2. The summed E-state index contributed by atoms with van der Waals surface area (Å²) in [6.45, 7) is 3.13. The topological polar surface area (TPSA) is 112 Å². The molecular weight excluding hydrogens is 513 g/mol. The first-order valence-corrected chi connectivity index (χ1v) is 13.1. The van der Waals surface area contributed by atoms with E-state index in [0.29, 0.717) is 27.5 Å². The van der Waals surface area contributed by atoms with Gasteiger partial charge >= 0.3 is 0 Å². The average molecular weight is 538 g/mol. The highest BCUT2D eigenvalue weighted by Crippen LogP contribution is 2.28. The van der Waals surface area contributed by atoms with Gasteiger partial charge < -0.3 is 24.5 Å². The van der Waals surface area contributed by atoms with Crippen LogP contribution in [0.4, 0.5) is 0 Å². The van der Waals surface area contributed by atoms with Crippen LogP contribution < -0.4 is 15.6 Å². The van der Waals surface area contributed by atoms with Crippen molar-refractivity contribution < 1.29 is 18.3 Å². The number of likely N-dealkylation sites (tertiary alicyclic amines) is 1. The third-order valence-corrected chi connectivity index (χ3v) is 7.38. The van der Waals surface area contributed by atoms with Crippen LogP contribution in [0.25, 0.3) is 10.8 Å². The molecule has 1 saturated heterocycles. The lowest BCUT2D eigenvalue weighted by Gasteiger charge is -2.32. The van der Waals surface area contributed by atoms with Crippen molar-refractivity contribution in [3.8, 4) is 5.75 Å². The van der Waals surface area contributed by atoms with Crippen molar-refractivity contribution in [3.05, 3.63) is 68.6 Å². The maximum atomic E-state index is 12.7. The molecule has 3 aromatic rings. The first-order chi connectivity index (χ1) is 16.8. The second kappa shape index (κ2) is 11.5. The molecule has 1 aromatic heterocycles. The van der Waals surface area contributed by atoms with Gasteiger partial charge in [0.1, 0.15) is 11.9 Å². The number of benzene rings is 2. The van der Waals surface area contributed by atoms with Gasteiger partial charge in [-0.2, -0.15) is 0 Å². The summed E-state index contributed by atoms with van der Waals surface area (Å²) in [6.07, 6.45) is 4.07. The summed E-state index contributed by atoms with van der Waals surface area (Å²) < 4.78 is 26.6. The molecule has 1 aliphatic rings. The fourth-order valence-electron chi connectivity index (χ4n) is 4.13. The molecule has 0 bridgehead atoms. The predicted molar refractivity (Wildman–Crippen MR) is 137 cm³/mol. The number of rotatable bonds is 8. The summed E-state index contributed by atoms with van der Waals surface area (Å²) in [5.74, 6) is 0.411. The molecule has 2 heterocycles. The Morgan fingerprint density at radius 2 is 1.91 bits per heavy atom. The van der Waals surface area contributed by atoms with Gasteiger partial charge in [-0.15, -0.1) is 0 Å². The van der Waals surface area contributed by atoms with Crippen molar-refractivity contribution in [2.75, 3.05) is 26.2 Å². The lowest BCUT2D eigenvalue weighted by Crippen LogP contribution is -2.39. The number of piperidine rings is 1. The molecule has 3 N–H and O–H groups in total. The van der Waals surface area contributed by atoms with E-state index >= 15 is 0 Å². The molecule has 0 aliphatic carbocycles. The fourth-order valence-corrected chi connectivity index (χ4v) is 4.82. The molecule has 1 fully saturated rings. The Kier molecular flexibility index (Phi) is 8.46. The second-order valence-corrected chi connectivity index (χ2v) is 10.1. The third-order valence-electron chi connectivity index (χ3n) is 5.98. The summed E-state index contributed by atoms with van der Waals surface area (Å²) >= 11 is 9.80. The number of hydrogen-bond donors (Lipinski definition) is 3. The van der Waals surface area contributed by atoms with Crippen LogP contribution in [0.5, 0.6) is 5.75 Å². The smallest absolute Gasteiger partial charge is 0.255 e. The Morgan fingerprint density at radius 3 is 2.63 bits per heavy atom. The zero-order chi connectivity index (χ0) is 24.9. The highest BCUT2D eigenvalue weighted by Gasteiger charge is 2.21. The van der Waals surface area contributed by atoms with Crippen LogP contribution in [0.15, 0.2) is 52.3 Å². The number of aromatic amines is 1. The van der Waals surface area contributed by atoms with Crippen LogP contribution in [0.1, 0.15) is 29.6 Å². The number of amides is 1. The van der Waals surface area contributed by atoms with Crippen LogP contribution in [0.2, 0.25) is 10.0 Å². The second-order valence-electron chi connectivity index (χ2n) is 8.33. The fraction of sp³-hybridized carbons (Fsp3) is 0.333. The number of aromatic nitrogens is 1. The van der Waals surface area contributed by atoms with E-state index in [1.165, 1.54) is 24.4 Å². The lowest BCUT2D eigenvalue weighted by atomic mass is 10.1. The van der Waals surface area contributed by atoms with Gasteiger partial charge in [-0.25, -0.2) is 4.21 Å². The largest absolute Gasteiger partial charge is 0.490 e.